The van der Waals surface area contributed by atoms with Crippen molar-refractivity contribution >= 4 is 69.1 Å². The monoisotopic (exact) mass is 514 g/mol. The molecule has 0 radical (unpaired) electrons. The molecule has 0 spiro atoms. The minimum absolute atomic E-state index is 0.408. The summed E-state index contributed by atoms with van der Waals surface area (Å²) < 4.78 is 3.37. The molecule has 0 aliphatic heterocycles. The third-order valence-corrected chi connectivity index (χ3v) is 7.22. The molecule has 0 amide bonds. The van der Waals surface area contributed by atoms with Crippen LogP contribution in [-0.4, -0.2) is 74.5 Å². The second-order valence-corrected chi connectivity index (χ2v) is 9.83. The molecule has 5 rings (SSSR count). The van der Waals surface area contributed by atoms with Crippen LogP contribution >= 0.6 is 47.0 Å². The topological polar surface area (TPSA) is 113 Å². The van der Waals surface area contributed by atoms with E-state index in [1.165, 1.54) is 23.5 Å². The number of aromatic nitrogens is 10. The van der Waals surface area contributed by atoms with E-state index in [0.717, 1.165) is 26.5 Å². The first-order chi connectivity index (χ1) is 16.1. The van der Waals surface area contributed by atoms with Gasteiger partial charge in [0.05, 0.1) is 23.2 Å². The highest BCUT2D eigenvalue weighted by atomic mass is 32.2. The first-order valence-electron chi connectivity index (χ1n) is 9.60. The van der Waals surface area contributed by atoms with Crippen molar-refractivity contribution in [3.63, 3.8) is 0 Å². The summed E-state index contributed by atoms with van der Waals surface area (Å²) in [5.41, 5.74) is 2.14. The summed E-state index contributed by atoms with van der Waals surface area (Å²) in [6, 6.07) is 1.87. The molecule has 5 heterocycles. The molecule has 0 bridgehead atoms. The minimum Gasteiger partial charge on any atom is -0.216 e. The molecule has 0 unspecified atom stereocenters. The standard InChI is InChI=1S/C19H18N10S4/c1-9-6-12(28-13-10(7-20-28)15(30-2)26-18(24-13)32-4)23-17(22-9)29-14-11(8-21-29)16(31-3)27-19(25-14)33-5/h6-8H,1-5H3. The molecule has 0 N–H and O–H groups in total. The van der Waals surface area contributed by atoms with Gasteiger partial charge in [-0.1, -0.05) is 23.5 Å². The van der Waals surface area contributed by atoms with Gasteiger partial charge in [0.2, 0.25) is 0 Å². The molecule has 0 aliphatic rings. The molecule has 168 valence electrons. The summed E-state index contributed by atoms with van der Waals surface area (Å²) >= 11 is 6.10. The van der Waals surface area contributed by atoms with Crippen LogP contribution in [0.1, 0.15) is 5.69 Å². The van der Waals surface area contributed by atoms with Crippen LogP contribution in [0, 0.1) is 6.92 Å². The Hall–Kier alpha value is -2.42. The zero-order valence-electron chi connectivity index (χ0n) is 18.3. The van der Waals surface area contributed by atoms with Gasteiger partial charge in [-0.3, -0.25) is 0 Å². The van der Waals surface area contributed by atoms with Crippen LogP contribution in [0.2, 0.25) is 0 Å². The van der Waals surface area contributed by atoms with E-state index < -0.39 is 0 Å². The summed E-state index contributed by atoms with van der Waals surface area (Å²) in [5.74, 6) is 1.00. The maximum Gasteiger partial charge on any atom is 0.254 e. The Morgan fingerprint density at radius 1 is 0.636 bits per heavy atom. The first-order valence-corrected chi connectivity index (χ1v) is 14.5. The number of aryl methyl sites for hydroxylation is 1. The van der Waals surface area contributed by atoms with Crippen LogP contribution in [0.25, 0.3) is 33.8 Å². The minimum atomic E-state index is 0.408. The number of hydrogen-bond acceptors (Lipinski definition) is 12. The summed E-state index contributed by atoms with van der Waals surface area (Å²) in [5, 5.41) is 13.9. The van der Waals surface area contributed by atoms with E-state index in [4.69, 9.17) is 4.98 Å². The second-order valence-electron chi connectivity index (χ2n) is 6.69. The third kappa shape index (κ3) is 3.94. The van der Waals surface area contributed by atoms with Crippen molar-refractivity contribution in [2.45, 2.75) is 27.3 Å². The van der Waals surface area contributed by atoms with Gasteiger partial charge in [-0.25, -0.2) is 24.9 Å². The van der Waals surface area contributed by atoms with Gasteiger partial charge in [0.15, 0.2) is 27.4 Å². The Labute approximate surface area is 206 Å². The average molecular weight is 515 g/mol. The normalized spacial score (nSPS) is 11.7. The van der Waals surface area contributed by atoms with Crippen molar-refractivity contribution in [2.24, 2.45) is 0 Å². The highest BCUT2D eigenvalue weighted by molar-refractivity contribution is 7.99. The van der Waals surface area contributed by atoms with E-state index in [-0.39, 0.29) is 0 Å². The molecular formula is C19H18N10S4. The molecule has 0 saturated carbocycles. The average Bonchev–Trinajstić information content (AvgIpc) is 3.46. The highest BCUT2D eigenvalue weighted by Crippen LogP contribution is 2.29. The first kappa shape index (κ1) is 22.4. The van der Waals surface area contributed by atoms with Crippen molar-refractivity contribution in [3.8, 4) is 11.8 Å². The van der Waals surface area contributed by atoms with E-state index >= 15 is 0 Å². The number of hydrogen-bond donors (Lipinski definition) is 0. The molecular weight excluding hydrogens is 497 g/mol. The lowest BCUT2D eigenvalue weighted by Crippen LogP contribution is -2.10. The van der Waals surface area contributed by atoms with Crippen LogP contribution in [0.15, 0.2) is 38.8 Å². The van der Waals surface area contributed by atoms with Crippen molar-refractivity contribution in [2.75, 3.05) is 25.0 Å². The molecule has 14 heteroatoms. The largest absolute Gasteiger partial charge is 0.254 e. The predicted octanol–water partition coefficient (Wildman–Crippen LogP) is 3.93. The van der Waals surface area contributed by atoms with Gasteiger partial charge in [-0.2, -0.15) is 24.5 Å². The summed E-state index contributed by atoms with van der Waals surface area (Å²) in [7, 11) is 0. The summed E-state index contributed by atoms with van der Waals surface area (Å²) in [6.07, 6.45) is 11.4. The van der Waals surface area contributed by atoms with E-state index in [9.17, 15) is 0 Å². The molecule has 10 nitrogen and oxygen atoms in total. The predicted molar refractivity (Wildman–Crippen MR) is 134 cm³/mol. The molecule has 5 aromatic heterocycles. The van der Waals surface area contributed by atoms with Gasteiger partial charge in [0.25, 0.3) is 5.95 Å². The zero-order valence-corrected chi connectivity index (χ0v) is 21.6. The van der Waals surface area contributed by atoms with Gasteiger partial charge in [0.1, 0.15) is 10.1 Å². The van der Waals surface area contributed by atoms with Crippen LogP contribution in [0.3, 0.4) is 0 Å². The van der Waals surface area contributed by atoms with Crippen molar-refractivity contribution in [1.82, 2.24) is 49.5 Å². The fourth-order valence-corrected chi connectivity index (χ4v) is 5.19. The molecule has 0 saturated heterocycles. The lowest BCUT2D eigenvalue weighted by molar-refractivity contribution is 0.773. The van der Waals surface area contributed by atoms with Gasteiger partial charge in [-0.15, -0.1) is 23.5 Å². The highest BCUT2D eigenvalue weighted by Gasteiger charge is 2.18. The SMILES string of the molecule is CSc1nc(SC)c2cnn(-c3cc(C)nc(-n4ncc5c(SC)nc(SC)nc54)n3)c2n1. The van der Waals surface area contributed by atoms with Crippen LogP contribution in [0.5, 0.6) is 0 Å². The fourth-order valence-electron chi connectivity index (χ4n) is 3.27. The third-order valence-electron chi connectivity index (χ3n) is 4.73. The van der Waals surface area contributed by atoms with Crippen molar-refractivity contribution < 1.29 is 0 Å². The Morgan fingerprint density at radius 2 is 1.18 bits per heavy atom. The van der Waals surface area contributed by atoms with E-state index in [2.05, 4.69) is 35.1 Å². The quantitative estimate of drug-likeness (QED) is 0.186. The van der Waals surface area contributed by atoms with Crippen LogP contribution in [-0.2, 0) is 0 Å². The Kier molecular flexibility index (Phi) is 6.16. The van der Waals surface area contributed by atoms with Crippen LogP contribution < -0.4 is 0 Å². The van der Waals surface area contributed by atoms with Gasteiger partial charge < -0.3 is 0 Å². The molecule has 33 heavy (non-hydrogen) atoms. The molecule has 0 aromatic carbocycles. The lowest BCUT2D eigenvalue weighted by atomic mass is 10.4. The second kappa shape index (κ2) is 9.08. The number of fused-ring (bicyclic) bond motifs is 2. The van der Waals surface area contributed by atoms with Crippen molar-refractivity contribution in [1.29, 1.82) is 0 Å². The van der Waals surface area contributed by atoms with Gasteiger partial charge in [-0.05, 0) is 31.9 Å². The van der Waals surface area contributed by atoms with Crippen LogP contribution in [0.4, 0.5) is 0 Å². The lowest BCUT2D eigenvalue weighted by Gasteiger charge is -2.08. The fraction of sp³-hybridized carbons (Fsp3) is 0.263. The molecule has 0 fully saturated rings. The molecule has 0 atom stereocenters. The maximum absolute atomic E-state index is 4.78. The van der Waals surface area contributed by atoms with Gasteiger partial charge in [0, 0.05) is 11.8 Å². The Bertz CT molecular complexity index is 1390. The summed E-state index contributed by atoms with van der Waals surface area (Å²) in [4.78, 5) is 27.9. The smallest absolute Gasteiger partial charge is 0.216 e. The maximum atomic E-state index is 4.78. The van der Waals surface area contributed by atoms with Crippen molar-refractivity contribution in [3.05, 3.63) is 24.2 Å². The summed E-state index contributed by atoms with van der Waals surface area (Å²) in [6.45, 7) is 1.91. The van der Waals surface area contributed by atoms with E-state index in [1.54, 1.807) is 45.3 Å². The van der Waals surface area contributed by atoms with E-state index in [1.807, 2.05) is 38.0 Å². The molecule has 5 aromatic rings. The number of thioether (sulfide) groups is 4. The van der Waals surface area contributed by atoms with Gasteiger partial charge >= 0.3 is 0 Å². The Balaban J connectivity index is 1.71. The molecule has 0 aliphatic carbocycles. The zero-order chi connectivity index (χ0) is 23.1. The number of rotatable bonds is 6. The Morgan fingerprint density at radius 3 is 1.73 bits per heavy atom. The number of nitrogens with zero attached hydrogens (tertiary/aromatic N) is 10. The van der Waals surface area contributed by atoms with E-state index in [0.29, 0.717) is 33.4 Å².